The molecule has 0 aromatic heterocycles. The van der Waals surface area contributed by atoms with Crippen molar-refractivity contribution in [3.8, 4) is 0 Å². The predicted octanol–water partition coefficient (Wildman–Crippen LogP) is 2.84. The molecule has 20 heavy (non-hydrogen) atoms. The molecule has 0 radical (unpaired) electrons. The molecule has 1 N–H and O–H groups in total. The Morgan fingerprint density at radius 2 is 2.00 bits per heavy atom. The number of benzene rings is 1. The van der Waals surface area contributed by atoms with E-state index in [1.54, 1.807) is 0 Å². The van der Waals surface area contributed by atoms with Crippen molar-refractivity contribution in [1.29, 1.82) is 0 Å². The number of likely N-dealkylation sites (N-methyl/N-ethyl adjacent to an activating group) is 1. The highest BCUT2D eigenvalue weighted by atomic mass is 16.5. The minimum Gasteiger partial charge on any atom is -0.377 e. The highest BCUT2D eigenvalue weighted by Gasteiger charge is 2.19. The van der Waals surface area contributed by atoms with Crippen molar-refractivity contribution in [3.63, 3.8) is 0 Å². The fourth-order valence-corrected chi connectivity index (χ4v) is 2.98. The van der Waals surface area contributed by atoms with E-state index in [9.17, 15) is 0 Å². The average Bonchev–Trinajstić information content (AvgIpc) is 3.01. The van der Waals surface area contributed by atoms with Crippen molar-refractivity contribution in [1.82, 2.24) is 10.2 Å². The first-order chi connectivity index (χ1) is 9.85. The van der Waals surface area contributed by atoms with E-state index in [4.69, 9.17) is 4.74 Å². The molecule has 3 nitrogen and oxygen atoms in total. The molecule has 0 aliphatic carbocycles. The van der Waals surface area contributed by atoms with Gasteiger partial charge in [0, 0.05) is 25.7 Å². The van der Waals surface area contributed by atoms with Gasteiger partial charge in [0.25, 0.3) is 0 Å². The van der Waals surface area contributed by atoms with Crippen molar-refractivity contribution in [2.75, 3.05) is 32.8 Å². The zero-order chi connectivity index (χ0) is 14.2. The Bertz CT molecular complexity index is 359. The van der Waals surface area contributed by atoms with Crippen LogP contribution < -0.4 is 5.32 Å². The van der Waals surface area contributed by atoms with Crippen molar-refractivity contribution >= 4 is 0 Å². The zero-order valence-corrected chi connectivity index (χ0v) is 12.8. The molecule has 2 unspecified atom stereocenters. The Morgan fingerprint density at radius 1 is 1.25 bits per heavy atom. The highest BCUT2D eigenvalue weighted by Crippen LogP contribution is 2.19. The van der Waals surface area contributed by atoms with Crippen LogP contribution in [0.4, 0.5) is 0 Å². The van der Waals surface area contributed by atoms with Gasteiger partial charge in [0.2, 0.25) is 0 Å². The number of hydrogen-bond donors (Lipinski definition) is 1. The van der Waals surface area contributed by atoms with Crippen LogP contribution in [0.3, 0.4) is 0 Å². The van der Waals surface area contributed by atoms with Gasteiger partial charge in [0.15, 0.2) is 0 Å². The number of ether oxygens (including phenoxy) is 1. The third kappa shape index (κ3) is 4.30. The minimum atomic E-state index is 0.420. The van der Waals surface area contributed by atoms with Crippen molar-refractivity contribution in [2.45, 2.75) is 38.8 Å². The summed E-state index contributed by atoms with van der Waals surface area (Å²) in [6.07, 6.45) is 2.84. The second kappa shape index (κ2) is 8.40. The van der Waals surface area contributed by atoms with Gasteiger partial charge in [-0.15, -0.1) is 0 Å². The predicted molar refractivity (Wildman–Crippen MR) is 83.9 cm³/mol. The van der Waals surface area contributed by atoms with E-state index in [1.807, 2.05) is 0 Å². The van der Waals surface area contributed by atoms with Gasteiger partial charge in [-0.05, 0) is 31.5 Å². The average molecular weight is 276 g/mol. The molecule has 1 heterocycles. The molecule has 1 saturated heterocycles. The summed E-state index contributed by atoms with van der Waals surface area (Å²) in [7, 11) is 0. The molecule has 112 valence electrons. The summed E-state index contributed by atoms with van der Waals surface area (Å²) in [5.41, 5.74) is 1.40. The van der Waals surface area contributed by atoms with Crippen LogP contribution in [0.25, 0.3) is 0 Å². The van der Waals surface area contributed by atoms with Crippen molar-refractivity contribution < 1.29 is 4.74 Å². The Kier molecular flexibility index (Phi) is 6.51. The van der Waals surface area contributed by atoms with E-state index < -0.39 is 0 Å². The molecule has 1 fully saturated rings. The maximum absolute atomic E-state index is 5.68. The van der Waals surface area contributed by atoms with Gasteiger partial charge in [-0.3, -0.25) is 4.90 Å². The first-order valence-corrected chi connectivity index (χ1v) is 7.96. The molecule has 1 aromatic rings. The third-order valence-corrected chi connectivity index (χ3v) is 4.17. The van der Waals surface area contributed by atoms with E-state index in [0.29, 0.717) is 12.1 Å². The summed E-state index contributed by atoms with van der Waals surface area (Å²) in [6.45, 7) is 9.54. The van der Waals surface area contributed by atoms with Crippen molar-refractivity contribution in [3.05, 3.63) is 35.9 Å². The fraction of sp³-hybridized carbons (Fsp3) is 0.647. The Labute approximate surface area is 123 Å². The quantitative estimate of drug-likeness (QED) is 0.790. The van der Waals surface area contributed by atoms with Gasteiger partial charge in [-0.2, -0.15) is 0 Å². The maximum Gasteiger partial charge on any atom is 0.0700 e. The summed E-state index contributed by atoms with van der Waals surface area (Å²) in [4.78, 5) is 2.51. The highest BCUT2D eigenvalue weighted by molar-refractivity contribution is 5.19. The second-order valence-corrected chi connectivity index (χ2v) is 5.44. The summed E-state index contributed by atoms with van der Waals surface area (Å²) in [6, 6.07) is 11.3. The molecular weight excluding hydrogens is 248 g/mol. The summed E-state index contributed by atoms with van der Waals surface area (Å²) in [5.74, 6) is 0. The Morgan fingerprint density at radius 3 is 2.60 bits per heavy atom. The minimum absolute atomic E-state index is 0.420. The van der Waals surface area contributed by atoms with Gasteiger partial charge in [-0.1, -0.05) is 44.2 Å². The number of rotatable bonds is 8. The largest absolute Gasteiger partial charge is 0.377 e. The van der Waals surface area contributed by atoms with Crippen LogP contribution in [0.5, 0.6) is 0 Å². The van der Waals surface area contributed by atoms with Crippen LogP contribution in [0, 0.1) is 0 Å². The molecule has 2 atom stereocenters. The normalized spacial score (nSPS) is 20.4. The van der Waals surface area contributed by atoms with Crippen LogP contribution in [-0.4, -0.2) is 43.8 Å². The van der Waals surface area contributed by atoms with Crippen LogP contribution in [0.1, 0.15) is 38.3 Å². The standard InChI is InChI=1S/C17H28N2O/c1-3-19(4-2)17(15-9-6-5-7-10-15)14-18-13-16-11-8-12-20-16/h5-7,9-10,16-18H,3-4,8,11-14H2,1-2H3. The maximum atomic E-state index is 5.68. The monoisotopic (exact) mass is 276 g/mol. The lowest BCUT2D eigenvalue weighted by Gasteiger charge is -2.30. The van der Waals surface area contributed by atoms with E-state index in [-0.39, 0.29) is 0 Å². The smallest absolute Gasteiger partial charge is 0.0700 e. The molecule has 1 aromatic carbocycles. The van der Waals surface area contributed by atoms with E-state index in [0.717, 1.165) is 32.8 Å². The molecule has 1 aliphatic rings. The second-order valence-electron chi connectivity index (χ2n) is 5.44. The van der Waals surface area contributed by atoms with Crippen LogP contribution >= 0.6 is 0 Å². The molecular formula is C17H28N2O. The lowest BCUT2D eigenvalue weighted by atomic mass is 10.0. The van der Waals surface area contributed by atoms with Crippen LogP contribution in [0.2, 0.25) is 0 Å². The van der Waals surface area contributed by atoms with Crippen LogP contribution in [0.15, 0.2) is 30.3 Å². The molecule has 0 bridgehead atoms. The van der Waals surface area contributed by atoms with Gasteiger partial charge < -0.3 is 10.1 Å². The summed E-state index contributed by atoms with van der Waals surface area (Å²) in [5, 5.41) is 3.61. The topological polar surface area (TPSA) is 24.5 Å². The lowest BCUT2D eigenvalue weighted by molar-refractivity contribution is 0.107. The number of nitrogens with one attached hydrogen (secondary N) is 1. The molecule has 0 saturated carbocycles. The first-order valence-electron chi connectivity index (χ1n) is 7.96. The Balaban J connectivity index is 1.91. The van der Waals surface area contributed by atoms with E-state index in [2.05, 4.69) is 54.4 Å². The molecule has 1 aliphatic heterocycles. The summed E-state index contributed by atoms with van der Waals surface area (Å²) < 4.78 is 5.68. The third-order valence-electron chi connectivity index (χ3n) is 4.17. The SMILES string of the molecule is CCN(CC)C(CNCC1CCCO1)c1ccccc1. The zero-order valence-electron chi connectivity index (χ0n) is 12.8. The van der Waals surface area contributed by atoms with E-state index >= 15 is 0 Å². The molecule has 2 rings (SSSR count). The van der Waals surface area contributed by atoms with Crippen molar-refractivity contribution in [2.24, 2.45) is 0 Å². The summed E-state index contributed by atoms with van der Waals surface area (Å²) >= 11 is 0. The van der Waals surface area contributed by atoms with E-state index in [1.165, 1.54) is 18.4 Å². The fourth-order valence-electron chi connectivity index (χ4n) is 2.98. The number of hydrogen-bond acceptors (Lipinski definition) is 3. The van der Waals surface area contributed by atoms with Gasteiger partial charge in [0.05, 0.1) is 6.10 Å². The molecule has 3 heteroatoms. The molecule has 0 spiro atoms. The van der Waals surface area contributed by atoms with Crippen LogP contribution in [-0.2, 0) is 4.74 Å². The number of nitrogens with zero attached hydrogens (tertiary/aromatic N) is 1. The lowest BCUT2D eigenvalue weighted by Crippen LogP contribution is -2.38. The Hall–Kier alpha value is -0.900. The first kappa shape index (κ1) is 15.5. The van der Waals surface area contributed by atoms with Gasteiger partial charge >= 0.3 is 0 Å². The van der Waals surface area contributed by atoms with Gasteiger partial charge in [0.1, 0.15) is 0 Å². The van der Waals surface area contributed by atoms with Gasteiger partial charge in [-0.25, -0.2) is 0 Å². The molecule has 0 amide bonds.